The molecular weight excluding hydrogens is 214 g/mol. The second-order valence-corrected chi connectivity index (χ2v) is 3.61. The van der Waals surface area contributed by atoms with Gasteiger partial charge in [0.25, 0.3) is 0 Å². The Labute approximate surface area is 102 Å². The molecule has 5 nitrogen and oxygen atoms in total. The highest BCUT2D eigenvalue weighted by atomic mass is 15.7. The normalized spacial score (nSPS) is 10.2. The van der Waals surface area contributed by atoms with Crippen molar-refractivity contribution in [3.8, 4) is 0 Å². The van der Waals surface area contributed by atoms with E-state index in [1.807, 2.05) is 5.01 Å². The predicted molar refractivity (Wildman–Crippen MR) is 73.9 cm³/mol. The molecule has 1 rings (SSSR count). The highest BCUT2D eigenvalue weighted by molar-refractivity contribution is 5.70. The molecule has 0 aliphatic heterocycles. The van der Waals surface area contributed by atoms with Gasteiger partial charge >= 0.3 is 0 Å². The smallest absolute Gasteiger partial charge is 0.0933 e. The van der Waals surface area contributed by atoms with Crippen LogP contribution in [0.1, 0.15) is 0 Å². The molecule has 0 bridgehead atoms. The van der Waals surface area contributed by atoms with Crippen LogP contribution in [-0.4, -0.2) is 18.1 Å². The summed E-state index contributed by atoms with van der Waals surface area (Å²) in [5.74, 6) is 6.01. The van der Waals surface area contributed by atoms with E-state index in [1.165, 1.54) is 5.12 Å². The first-order valence-corrected chi connectivity index (χ1v) is 5.26. The van der Waals surface area contributed by atoms with Crippen molar-refractivity contribution in [2.24, 2.45) is 5.84 Å². The quantitative estimate of drug-likeness (QED) is 0.297. The molecule has 0 aliphatic rings. The predicted octanol–water partition coefficient (Wildman–Crippen LogP) is 1.12. The maximum atomic E-state index is 6.01. The second kappa shape index (κ2) is 5.93. The molecule has 0 amide bonds. The Hall–Kier alpha value is -1.98. The lowest BCUT2D eigenvalue weighted by atomic mass is 10.2. The zero-order valence-corrected chi connectivity index (χ0v) is 9.84. The third-order valence-corrected chi connectivity index (χ3v) is 2.28. The molecule has 0 spiro atoms. The first-order chi connectivity index (χ1) is 8.10. The minimum absolute atomic E-state index is 0.533. The van der Waals surface area contributed by atoms with Gasteiger partial charge in [-0.3, -0.25) is 0 Å². The fourth-order valence-electron chi connectivity index (χ4n) is 1.48. The number of rotatable bonds is 6. The molecule has 0 saturated carbocycles. The molecule has 0 radical (unpaired) electrons. The minimum atomic E-state index is 0.533. The van der Waals surface area contributed by atoms with Crippen LogP contribution in [0, 0.1) is 0 Å². The summed E-state index contributed by atoms with van der Waals surface area (Å²) in [4.78, 5) is 0. The maximum Gasteiger partial charge on any atom is 0.0933 e. The summed E-state index contributed by atoms with van der Waals surface area (Å²) in [6.45, 7) is 8.58. The standard InChI is InChI=1S/C12H19N5/c1-3-7-16(8-4-2)17(15)12-6-5-10(13)9-11(12)14/h3-6,9H,1-2,7-8,13-15H2. The number of nitrogen functional groups attached to an aromatic ring is 2. The highest BCUT2D eigenvalue weighted by Crippen LogP contribution is 2.24. The number of benzene rings is 1. The minimum Gasteiger partial charge on any atom is -0.399 e. The van der Waals surface area contributed by atoms with Crippen LogP contribution in [0.3, 0.4) is 0 Å². The second-order valence-electron chi connectivity index (χ2n) is 3.61. The molecule has 0 saturated heterocycles. The largest absolute Gasteiger partial charge is 0.399 e. The molecule has 0 aliphatic carbocycles. The van der Waals surface area contributed by atoms with E-state index in [1.54, 1.807) is 30.4 Å². The van der Waals surface area contributed by atoms with E-state index >= 15 is 0 Å². The van der Waals surface area contributed by atoms with Crippen molar-refractivity contribution in [2.75, 3.05) is 29.7 Å². The summed E-state index contributed by atoms with van der Waals surface area (Å²) in [5, 5.41) is 3.33. The average molecular weight is 233 g/mol. The van der Waals surface area contributed by atoms with Crippen LogP contribution in [0.2, 0.25) is 0 Å². The number of anilines is 3. The van der Waals surface area contributed by atoms with Gasteiger partial charge in [0.05, 0.1) is 11.4 Å². The lowest BCUT2D eigenvalue weighted by Gasteiger charge is -2.31. The number of nitrogens with two attached hydrogens (primary N) is 3. The van der Waals surface area contributed by atoms with Crippen molar-refractivity contribution in [3.05, 3.63) is 43.5 Å². The fraction of sp³-hybridized carbons (Fsp3) is 0.167. The molecule has 0 heterocycles. The van der Waals surface area contributed by atoms with Crippen LogP contribution < -0.4 is 22.4 Å². The van der Waals surface area contributed by atoms with Gasteiger partial charge in [0.2, 0.25) is 0 Å². The van der Waals surface area contributed by atoms with Gasteiger partial charge in [0.1, 0.15) is 0 Å². The summed E-state index contributed by atoms with van der Waals surface area (Å²) >= 11 is 0. The van der Waals surface area contributed by atoms with Crippen molar-refractivity contribution in [1.82, 2.24) is 5.01 Å². The number of hydrazine groups is 2. The van der Waals surface area contributed by atoms with Crippen molar-refractivity contribution in [2.45, 2.75) is 0 Å². The molecule has 1 aromatic rings. The SMILES string of the molecule is C=CCN(CC=C)N(N)c1ccc(N)cc1N. The van der Waals surface area contributed by atoms with E-state index in [9.17, 15) is 0 Å². The van der Waals surface area contributed by atoms with Gasteiger partial charge in [0.15, 0.2) is 0 Å². The fourth-order valence-corrected chi connectivity index (χ4v) is 1.48. The molecule has 17 heavy (non-hydrogen) atoms. The van der Waals surface area contributed by atoms with Crippen molar-refractivity contribution < 1.29 is 0 Å². The van der Waals surface area contributed by atoms with Crippen molar-refractivity contribution in [1.29, 1.82) is 0 Å². The van der Waals surface area contributed by atoms with Gasteiger partial charge in [-0.15, -0.1) is 13.2 Å². The summed E-state index contributed by atoms with van der Waals surface area (Å²) in [6.07, 6.45) is 3.52. The van der Waals surface area contributed by atoms with Gasteiger partial charge in [-0.25, -0.2) is 11.0 Å². The molecule has 0 fully saturated rings. The third kappa shape index (κ3) is 3.24. The molecule has 92 valence electrons. The number of hydrogen-bond acceptors (Lipinski definition) is 5. The average Bonchev–Trinajstić information content (AvgIpc) is 2.28. The van der Waals surface area contributed by atoms with E-state index in [0.29, 0.717) is 30.2 Å². The Bertz CT molecular complexity index is 392. The zero-order valence-electron chi connectivity index (χ0n) is 9.84. The van der Waals surface area contributed by atoms with Crippen LogP contribution in [0.25, 0.3) is 0 Å². The number of nitrogens with zero attached hydrogens (tertiary/aromatic N) is 2. The van der Waals surface area contributed by atoms with Crippen molar-refractivity contribution in [3.63, 3.8) is 0 Å². The van der Waals surface area contributed by atoms with Gasteiger partial charge in [-0.1, -0.05) is 12.2 Å². The molecule has 0 unspecified atom stereocenters. The lowest BCUT2D eigenvalue weighted by Crippen LogP contribution is -2.48. The maximum absolute atomic E-state index is 6.01. The van der Waals surface area contributed by atoms with E-state index in [4.69, 9.17) is 17.3 Å². The Morgan fingerprint density at radius 2 is 1.71 bits per heavy atom. The summed E-state index contributed by atoms with van der Waals surface area (Å²) in [6, 6.07) is 5.21. The van der Waals surface area contributed by atoms with Crippen LogP contribution >= 0.6 is 0 Å². The van der Waals surface area contributed by atoms with Crippen LogP contribution in [0.4, 0.5) is 17.1 Å². The first kappa shape index (κ1) is 13.1. The van der Waals surface area contributed by atoms with Gasteiger partial charge < -0.3 is 11.5 Å². The van der Waals surface area contributed by atoms with E-state index in [0.717, 1.165) is 0 Å². The Kier molecular flexibility index (Phi) is 4.56. The van der Waals surface area contributed by atoms with E-state index < -0.39 is 0 Å². The van der Waals surface area contributed by atoms with E-state index in [2.05, 4.69) is 13.2 Å². The lowest BCUT2D eigenvalue weighted by molar-refractivity contribution is 0.307. The molecular formula is C12H19N5. The van der Waals surface area contributed by atoms with Crippen LogP contribution in [0.5, 0.6) is 0 Å². The molecule has 5 heteroatoms. The highest BCUT2D eigenvalue weighted by Gasteiger charge is 2.12. The molecule has 6 N–H and O–H groups in total. The molecule has 0 aromatic heterocycles. The third-order valence-electron chi connectivity index (χ3n) is 2.28. The van der Waals surface area contributed by atoms with Gasteiger partial charge in [0, 0.05) is 18.8 Å². The monoisotopic (exact) mass is 233 g/mol. The first-order valence-electron chi connectivity index (χ1n) is 5.26. The summed E-state index contributed by atoms with van der Waals surface area (Å²) in [7, 11) is 0. The van der Waals surface area contributed by atoms with Crippen molar-refractivity contribution >= 4 is 17.1 Å². The Morgan fingerprint density at radius 3 is 2.18 bits per heavy atom. The topological polar surface area (TPSA) is 84.5 Å². The zero-order chi connectivity index (χ0) is 12.8. The van der Waals surface area contributed by atoms with E-state index in [-0.39, 0.29) is 0 Å². The van der Waals surface area contributed by atoms with Gasteiger partial charge in [-0.05, 0) is 18.2 Å². The summed E-state index contributed by atoms with van der Waals surface area (Å²) in [5.41, 5.74) is 13.3. The molecule has 1 aromatic carbocycles. The molecule has 0 atom stereocenters. The van der Waals surface area contributed by atoms with Crippen LogP contribution in [-0.2, 0) is 0 Å². The number of hydrogen-bond donors (Lipinski definition) is 3. The Balaban J connectivity index is 2.95. The van der Waals surface area contributed by atoms with Crippen LogP contribution in [0.15, 0.2) is 43.5 Å². The van der Waals surface area contributed by atoms with Gasteiger partial charge in [-0.2, -0.15) is 5.01 Å². The Morgan fingerprint density at radius 1 is 1.12 bits per heavy atom. The summed E-state index contributed by atoms with van der Waals surface area (Å²) < 4.78 is 0.